The third-order valence-corrected chi connectivity index (χ3v) is 5.09. The third kappa shape index (κ3) is 3.84. The minimum absolute atomic E-state index is 0.702. The van der Waals surface area contributed by atoms with Crippen molar-refractivity contribution in [1.29, 1.82) is 0 Å². The number of ether oxygens (including phenoxy) is 2. The molecule has 0 saturated carbocycles. The van der Waals surface area contributed by atoms with Gasteiger partial charge in [-0.25, -0.2) is 4.68 Å². The quantitative estimate of drug-likeness (QED) is 0.705. The largest absolute Gasteiger partial charge is 0.493 e. The second-order valence-electron chi connectivity index (χ2n) is 6.64. The fourth-order valence-electron chi connectivity index (χ4n) is 3.49. The van der Waals surface area contributed by atoms with Gasteiger partial charge in [0.15, 0.2) is 11.5 Å². The van der Waals surface area contributed by atoms with Gasteiger partial charge in [-0.2, -0.15) is 5.10 Å². The smallest absolute Gasteiger partial charge is 0.161 e. The molecule has 2 aromatic rings. The Morgan fingerprint density at radius 3 is 2.57 bits per heavy atom. The number of aromatic nitrogens is 2. The number of methoxy groups -OCH3 is 2. The van der Waals surface area contributed by atoms with Gasteiger partial charge < -0.3 is 14.4 Å². The lowest BCUT2D eigenvalue weighted by Crippen LogP contribution is -2.20. The molecule has 0 radical (unpaired) electrons. The molecule has 28 heavy (non-hydrogen) atoms. The Kier molecular flexibility index (Phi) is 6.24. The van der Waals surface area contributed by atoms with Gasteiger partial charge in [0.25, 0.3) is 0 Å². The zero-order valence-electron chi connectivity index (χ0n) is 17.2. The van der Waals surface area contributed by atoms with Gasteiger partial charge in [0, 0.05) is 24.3 Å². The van der Waals surface area contributed by atoms with Crippen LogP contribution in [0, 0.1) is 0 Å². The number of fused-ring (bicyclic) bond motifs is 1. The Hall–Kier alpha value is -2.95. The maximum Gasteiger partial charge on any atom is 0.161 e. The first-order valence-corrected chi connectivity index (χ1v) is 9.75. The van der Waals surface area contributed by atoms with E-state index in [4.69, 9.17) is 14.6 Å². The second-order valence-corrected chi connectivity index (χ2v) is 6.64. The monoisotopic (exact) mass is 379 g/mol. The highest BCUT2D eigenvalue weighted by Crippen LogP contribution is 2.32. The maximum atomic E-state index is 5.49. The van der Waals surface area contributed by atoms with E-state index in [1.165, 1.54) is 5.69 Å². The van der Waals surface area contributed by atoms with Crippen LogP contribution in [0.3, 0.4) is 0 Å². The molecule has 0 amide bonds. The van der Waals surface area contributed by atoms with Crippen LogP contribution in [-0.2, 0) is 6.42 Å². The molecule has 2 heterocycles. The van der Waals surface area contributed by atoms with Crippen LogP contribution in [0.25, 0.3) is 11.4 Å². The van der Waals surface area contributed by atoms with Crippen molar-refractivity contribution in [1.82, 2.24) is 14.7 Å². The molecule has 5 heteroatoms. The fraction of sp³-hybridized carbons (Fsp3) is 0.348. The molecule has 3 rings (SSSR count). The zero-order valence-corrected chi connectivity index (χ0v) is 17.2. The van der Waals surface area contributed by atoms with Crippen LogP contribution in [0.4, 0.5) is 0 Å². The summed E-state index contributed by atoms with van der Waals surface area (Å²) in [4.78, 5) is 2.23. The van der Waals surface area contributed by atoms with E-state index in [1.54, 1.807) is 14.2 Å². The summed E-state index contributed by atoms with van der Waals surface area (Å²) in [7, 11) is 3.30. The van der Waals surface area contributed by atoms with Crippen LogP contribution in [0.2, 0.25) is 0 Å². The normalized spacial score (nSPS) is 16.2. The molecule has 0 unspecified atom stereocenters. The molecule has 0 bridgehead atoms. The minimum Gasteiger partial charge on any atom is -0.493 e. The summed E-state index contributed by atoms with van der Waals surface area (Å²) in [6.45, 7) is 10.4. The summed E-state index contributed by atoms with van der Waals surface area (Å²) in [5, 5.41) is 4.93. The number of hydrogen-bond acceptors (Lipinski definition) is 4. The topological polar surface area (TPSA) is 39.5 Å². The Balaban J connectivity index is 2.07. The zero-order chi connectivity index (χ0) is 20.1. The standard InChI is InChI=1S/C23H29N3O2/c1-6-25(7-2)17(3)20-16-19-11-9-8-10-12-21(26(19)24-20)18-13-14-22(27-4)23(15-18)28-5/h8,10,12-16H,3,6-7,9,11H2,1-2,4-5H3/b10-8-,21-12-. The molecule has 0 N–H and O–H groups in total. The molecule has 5 nitrogen and oxygen atoms in total. The van der Waals surface area contributed by atoms with Crippen molar-refractivity contribution in [2.75, 3.05) is 27.3 Å². The SMILES string of the molecule is C=C(c1cc2n(n1)/C(c1ccc(OC)c(OC)c1)=C\C=C/CC2)N(CC)CC. The van der Waals surface area contributed by atoms with Crippen molar-refractivity contribution in [3.8, 4) is 11.5 Å². The summed E-state index contributed by atoms with van der Waals surface area (Å²) in [6, 6.07) is 8.11. The molecule has 0 atom stereocenters. The van der Waals surface area contributed by atoms with Crippen LogP contribution in [0.1, 0.15) is 37.2 Å². The van der Waals surface area contributed by atoms with Gasteiger partial charge in [0.2, 0.25) is 0 Å². The van der Waals surface area contributed by atoms with Crippen LogP contribution in [0.5, 0.6) is 11.5 Å². The summed E-state index contributed by atoms with van der Waals surface area (Å²) in [6.07, 6.45) is 8.30. The van der Waals surface area contributed by atoms with Crippen LogP contribution in [0.15, 0.2) is 49.1 Å². The number of aryl methyl sites for hydroxylation is 1. The molecule has 0 fully saturated rings. The second kappa shape index (κ2) is 8.83. The summed E-state index contributed by atoms with van der Waals surface area (Å²) in [5.41, 5.74) is 5.09. The number of allylic oxidation sites excluding steroid dienone is 3. The van der Waals surface area contributed by atoms with Gasteiger partial charge in [-0.1, -0.05) is 18.7 Å². The van der Waals surface area contributed by atoms with Crippen LogP contribution in [-0.4, -0.2) is 42.0 Å². The molecule has 1 aliphatic rings. The Morgan fingerprint density at radius 2 is 1.89 bits per heavy atom. The average molecular weight is 380 g/mol. The molecule has 0 aliphatic carbocycles. The molecule has 1 aromatic carbocycles. The highest BCUT2D eigenvalue weighted by Gasteiger charge is 2.18. The highest BCUT2D eigenvalue weighted by molar-refractivity contribution is 5.71. The average Bonchev–Trinajstić information content (AvgIpc) is 3.11. The van der Waals surface area contributed by atoms with E-state index in [2.05, 4.69) is 49.6 Å². The van der Waals surface area contributed by atoms with Crippen LogP contribution >= 0.6 is 0 Å². The van der Waals surface area contributed by atoms with E-state index >= 15 is 0 Å². The van der Waals surface area contributed by atoms with E-state index in [0.29, 0.717) is 11.5 Å². The van der Waals surface area contributed by atoms with Gasteiger partial charge in [-0.15, -0.1) is 0 Å². The Morgan fingerprint density at radius 1 is 1.14 bits per heavy atom. The Labute approximate surface area is 167 Å². The number of benzene rings is 1. The van der Waals surface area contributed by atoms with Crippen molar-refractivity contribution in [3.63, 3.8) is 0 Å². The highest BCUT2D eigenvalue weighted by atomic mass is 16.5. The van der Waals surface area contributed by atoms with Gasteiger partial charge in [0.1, 0.15) is 5.69 Å². The molecule has 0 spiro atoms. The first-order valence-electron chi connectivity index (χ1n) is 9.75. The first-order chi connectivity index (χ1) is 13.6. The van der Waals surface area contributed by atoms with Gasteiger partial charge in [-0.05, 0) is 57.0 Å². The van der Waals surface area contributed by atoms with E-state index < -0.39 is 0 Å². The van der Waals surface area contributed by atoms with Gasteiger partial charge in [0.05, 0.1) is 25.6 Å². The first kappa shape index (κ1) is 19.8. The van der Waals surface area contributed by atoms with Crippen molar-refractivity contribution in [2.24, 2.45) is 0 Å². The molecular formula is C23H29N3O2. The van der Waals surface area contributed by atoms with Crippen molar-refractivity contribution < 1.29 is 9.47 Å². The minimum atomic E-state index is 0.702. The maximum absolute atomic E-state index is 5.49. The number of rotatable bonds is 7. The Bertz CT molecular complexity index is 905. The molecule has 0 saturated heterocycles. The summed E-state index contributed by atoms with van der Waals surface area (Å²) >= 11 is 0. The molecular weight excluding hydrogens is 350 g/mol. The van der Waals surface area contributed by atoms with E-state index in [0.717, 1.165) is 48.6 Å². The predicted octanol–water partition coefficient (Wildman–Crippen LogP) is 4.60. The summed E-state index contributed by atoms with van der Waals surface area (Å²) < 4.78 is 12.9. The third-order valence-electron chi connectivity index (χ3n) is 5.09. The molecule has 1 aromatic heterocycles. The lowest BCUT2D eigenvalue weighted by atomic mass is 10.1. The van der Waals surface area contributed by atoms with E-state index in [-0.39, 0.29) is 0 Å². The molecule has 148 valence electrons. The number of nitrogens with zero attached hydrogens (tertiary/aromatic N) is 3. The predicted molar refractivity (Wildman–Crippen MR) is 115 cm³/mol. The lowest BCUT2D eigenvalue weighted by molar-refractivity contribution is 0.355. The number of hydrogen-bond donors (Lipinski definition) is 0. The summed E-state index contributed by atoms with van der Waals surface area (Å²) in [5.74, 6) is 1.41. The lowest BCUT2D eigenvalue weighted by Gasteiger charge is -2.21. The van der Waals surface area contributed by atoms with Gasteiger partial charge >= 0.3 is 0 Å². The van der Waals surface area contributed by atoms with Gasteiger partial charge in [-0.3, -0.25) is 0 Å². The van der Waals surface area contributed by atoms with E-state index in [9.17, 15) is 0 Å². The van der Waals surface area contributed by atoms with Crippen molar-refractivity contribution in [2.45, 2.75) is 26.7 Å². The van der Waals surface area contributed by atoms with E-state index in [1.807, 2.05) is 22.9 Å². The van der Waals surface area contributed by atoms with Crippen LogP contribution < -0.4 is 9.47 Å². The molecule has 1 aliphatic heterocycles. The van der Waals surface area contributed by atoms with Crippen molar-refractivity contribution >= 4 is 11.4 Å². The van der Waals surface area contributed by atoms with Crippen molar-refractivity contribution in [3.05, 3.63) is 66.0 Å². The fourth-order valence-corrected chi connectivity index (χ4v) is 3.49.